The number of hydrogen-bond acceptors (Lipinski definition) is 5. The van der Waals surface area contributed by atoms with Crippen LogP contribution in [0.5, 0.6) is 5.75 Å². The fourth-order valence-electron chi connectivity index (χ4n) is 1.53. The van der Waals surface area contributed by atoms with Gasteiger partial charge in [0.05, 0.1) is 25.7 Å². The van der Waals surface area contributed by atoms with Crippen molar-refractivity contribution in [3.63, 3.8) is 0 Å². The van der Waals surface area contributed by atoms with E-state index in [0.717, 1.165) is 15.5 Å². The Balaban J connectivity index is 2.41. The quantitative estimate of drug-likeness (QED) is 0.861. The maximum atomic E-state index is 12.0. The van der Waals surface area contributed by atoms with Crippen LogP contribution in [0.15, 0.2) is 17.5 Å². The lowest BCUT2D eigenvalue weighted by atomic mass is 10.1. The van der Waals surface area contributed by atoms with Crippen LogP contribution in [-0.2, 0) is 10.8 Å². The SMILES string of the molecule is CC1(C)C=C(S(=O)CSO)c2sccc2O1. The van der Waals surface area contributed by atoms with Gasteiger partial charge in [0.2, 0.25) is 0 Å². The number of thiophene rings is 1. The zero-order valence-electron chi connectivity index (χ0n) is 8.93. The molecule has 0 spiro atoms. The van der Waals surface area contributed by atoms with Crippen LogP contribution in [0.25, 0.3) is 4.91 Å². The summed E-state index contributed by atoms with van der Waals surface area (Å²) in [5.41, 5.74) is -0.445. The van der Waals surface area contributed by atoms with Gasteiger partial charge < -0.3 is 9.29 Å². The molecule has 0 bridgehead atoms. The van der Waals surface area contributed by atoms with Gasteiger partial charge in [-0.3, -0.25) is 4.21 Å². The Bertz CT molecular complexity index is 448. The van der Waals surface area contributed by atoms with Crippen LogP contribution >= 0.6 is 23.4 Å². The molecule has 1 aliphatic rings. The summed E-state index contributed by atoms with van der Waals surface area (Å²) < 4.78 is 26.5. The minimum Gasteiger partial charge on any atom is -0.482 e. The molecular formula is C10H12O3S3. The van der Waals surface area contributed by atoms with Gasteiger partial charge in [-0.15, -0.1) is 11.3 Å². The molecule has 0 amide bonds. The molecule has 1 aromatic heterocycles. The molecule has 2 rings (SSSR count). The molecule has 1 aromatic rings. The topological polar surface area (TPSA) is 46.5 Å². The lowest BCUT2D eigenvalue weighted by Gasteiger charge is -2.28. The predicted octanol–water partition coefficient (Wildman–Crippen LogP) is 3.17. The summed E-state index contributed by atoms with van der Waals surface area (Å²) in [5.74, 6) is 0.781. The molecule has 1 aliphatic heterocycles. The highest BCUT2D eigenvalue weighted by atomic mass is 32.2. The third-order valence-corrected chi connectivity index (χ3v) is 5.26. The zero-order valence-corrected chi connectivity index (χ0v) is 11.4. The van der Waals surface area contributed by atoms with Crippen molar-refractivity contribution in [1.82, 2.24) is 0 Å². The van der Waals surface area contributed by atoms with Crippen LogP contribution < -0.4 is 4.74 Å². The van der Waals surface area contributed by atoms with Gasteiger partial charge in [0.1, 0.15) is 11.4 Å². The van der Waals surface area contributed by atoms with Crippen molar-refractivity contribution < 1.29 is 13.5 Å². The summed E-state index contributed by atoms with van der Waals surface area (Å²) in [7, 11) is -1.19. The van der Waals surface area contributed by atoms with Gasteiger partial charge in [-0.25, -0.2) is 0 Å². The second-order valence-corrected chi connectivity index (χ2v) is 7.17. The summed E-state index contributed by atoms with van der Waals surface area (Å²) in [6.07, 6.45) is 1.87. The van der Waals surface area contributed by atoms with Crippen molar-refractivity contribution in [3.05, 3.63) is 22.4 Å². The van der Waals surface area contributed by atoms with E-state index in [-0.39, 0.29) is 5.08 Å². The average Bonchev–Trinajstić information content (AvgIpc) is 2.62. The van der Waals surface area contributed by atoms with Crippen LogP contribution in [-0.4, -0.2) is 19.4 Å². The van der Waals surface area contributed by atoms with Crippen LogP contribution in [0.3, 0.4) is 0 Å². The second kappa shape index (κ2) is 4.52. The van der Waals surface area contributed by atoms with E-state index in [1.54, 1.807) is 0 Å². The summed E-state index contributed by atoms with van der Waals surface area (Å²) in [5, 5.41) is 2.11. The second-order valence-electron chi connectivity index (χ2n) is 3.92. The highest BCUT2D eigenvalue weighted by molar-refractivity contribution is 8.10. The van der Waals surface area contributed by atoms with E-state index in [2.05, 4.69) is 0 Å². The Morgan fingerprint density at radius 1 is 1.62 bits per heavy atom. The summed E-state index contributed by atoms with van der Waals surface area (Å²) >= 11 is 2.11. The molecule has 0 aromatic carbocycles. The number of hydrogen-bond donors (Lipinski definition) is 1. The lowest BCUT2D eigenvalue weighted by Crippen LogP contribution is -2.29. The molecule has 6 heteroatoms. The molecule has 1 N–H and O–H groups in total. The maximum absolute atomic E-state index is 12.0. The first-order chi connectivity index (χ1) is 7.53. The molecule has 2 heterocycles. The molecule has 16 heavy (non-hydrogen) atoms. The van der Waals surface area contributed by atoms with E-state index in [1.165, 1.54) is 11.3 Å². The Morgan fingerprint density at radius 2 is 2.38 bits per heavy atom. The number of ether oxygens (including phenoxy) is 1. The van der Waals surface area contributed by atoms with Crippen LogP contribution in [0.2, 0.25) is 0 Å². The third kappa shape index (κ3) is 2.34. The average molecular weight is 276 g/mol. The van der Waals surface area contributed by atoms with Crippen LogP contribution in [0.1, 0.15) is 18.7 Å². The van der Waals surface area contributed by atoms with Gasteiger partial charge in [-0.05, 0) is 31.4 Å². The largest absolute Gasteiger partial charge is 0.482 e. The minimum absolute atomic E-state index is 0.194. The van der Waals surface area contributed by atoms with Gasteiger partial charge in [0.25, 0.3) is 0 Å². The predicted molar refractivity (Wildman–Crippen MR) is 70.2 cm³/mol. The van der Waals surface area contributed by atoms with Crippen LogP contribution in [0.4, 0.5) is 0 Å². The van der Waals surface area contributed by atoms with E-state index < -0.39 is 16.4 Å². The summed E-state index contributed by atoms with van der Waals surface area (Å²) in [6, 6.07) is 1.89. The molecule has 0 fully saturated rings. The van der Waals surface area contributed by atoms with Crippen LogP contribution in [0, 0.1) is 0 Å². The molecule has 3 nitrogen and oxygen atoms in total. The zero-order chi connectivity index (χ0) is 11.8. The van der Waals surface area contributed by atoms with Crippen molar-refractivity contribution in [1.29, 1.82) is 0 Å². The van der Waals surface area contributed by atoms with Gasteiger partial charge in [0, 0.05) is 12.0 Å². The van der Waals surface area contributed by atoms with Crippen molar-refractivity contribution in [2.75, 3.05) is 5.08 Å². The fraction of sp³-hybridized carbons (Fsp3) is 0.400. The van der Waals surface area contributed by atoms with Gasteiger partial charge >= 0.3 is 0 Å². The lowest BCUT2D eigenvalue weighted by molar-refractivity contribution is 0.159. The fourth-order valence-corrected chi connectivity index (χ4v) is 4.30. The van der Waals surface area contributed by atoms with Gasteiger partial charge in [-0.1, -0.05) is 0 Å². The van der Waals surface area contributed by atoms with Crippen molar-refractivity contribution in [3.8, 4) is 5.75 Å². The minimum atomic E-state index is -1.19. The number of fused-ring (bicyclic) bond motifs is 1. The summed E-state index contributed by atoms with van der Waals surface area (Å²) in [4.78, 5) is 1.68. The van der Waals surface area contributed by atoms with E-state index in [1.807, 2.05) is 31.4 Å². The van der Waals surface area contributed by atoms with Crippen molar-refractivity contribution in [2.24, 2.45) is 0 Å². The van der Waals surface area contributed by atoms with Crippen molar-refractivity contribution in [2.45, 2.75) is 19.4 Å². The summed E-state index contributed by atoms with van der Waals surface area (Å²) in [6.45, 7) is 3.85. The molecule has 88 valence electrons. The highest BCUT2D eigenvalue weighted by Gasteiger charge is 2.29. The van der Waals surface area contributed by atoms with Gasteiger partial charge in [0.15, 0.2) is 0 Å². The highest BCUT2D eigenvalue weighted by Crippen LogP contribution is 2.41. The third-order valence-electron chi connectivity index (χ3n) is 2.11. The first-order valence-corrected chi connectivity index (χ1v) is 7.82. The Kier molecular flexibility index (Phi) is 3.44. The van der Waals surface area contributed by atoms with E-state index in [0.29, 0.717) is 12.0 Å². The van der Waals surface area contributed by atoms with E-state index >= 15 is 0 Å². The normalized spacial score (nSPS) is 19.6. The molecule has 0 saturated heterocycles. The standard InChI is InChI=1S/C10H12O3S3/c1-10(2)5-8(16(12)6-15-11)9-7(13-10)3-4-14-9/h3-5,11H,6H2,1-2H3. The Hall–Kier alpha value is -0.300. The van der Waals surface area contributed by atoms with E-state index in [4.69, 9.17) is 9.29 Å². The first kappa shape index (κ1) is 12.2. The van der Waals surface area contributed by atoms with Gasteiger partial charge in [-0.2, -0.15) is 0 Å². The Labute approximate surface area is 105 Å². The van der Waals surface area contributed by atoms with Crippen molar-refractivity contribution >= 4 is 39.1 Å². The smallest absolute Gasteiger partial charge is 0.139 e. The molecule has 0 radical (unpaired) electrons. The molecule has 0 saturated carbocycles. The molecule has 1 unspecified atom stereocenters. The van der Waals surface area contributed by atoms with E-state index in [9.17, 15) is 4.21 Å². The molecule has 0 aliphatic carbocycles. The number of rotatable bonds is 3. The molecular weight excluding hydrogens is 264 g/mol. The Morgan fingerprint density at radius 3 is 3.06 bits per heavy atom. The molecule has 1 atom stereocenters. The first-order valence-electron chi connectivity index (χ1n) is 4.68. The monoisotopic (exact) mass is 276 g/mol. The maximum Gasteiger partial charge on any atom is 0.139 e.